The maximum Gasteiger partial charge on any atom is 0.330 e. The Morgan fingerprint density at radius 2 is 2.22 bits per heavy atom. The molecule has 2 rings (SSSR count). The second-order valence-corrected chi connectivity index (χ2v) is 4.40. The molecule has 0 bridgehead atoms. The SMILES string of the molecule is CC1(O)C(O)[C@@H](CO)O[C@H]1n1ccc(=O)[nH]c1=O. The zero-order valence-corrected chi connectivity index (χ0v) is 9.61. The fourth-order valence-electron chi connectivity index (χ4n) is 2.00. The number of ether oxygens (including phenoxy) is 1. The molecule has 0 saturated carbocycles. The fraction of sp³-hybridized carbons (Fsp3) is 0.600. The van der Waals surface area contributed by atoms with Crippen molar-refractivity contribution in [2.45, 2.75) is 31.0 Å². The van der Waals surface area contributed by atoms with Gasteiger partial charge in [-0.25, -0.2) is 4.79 Å². The minimum Gasteiger partial charge on any atom is -0.394 e. The summed E-state index contributed by atoms with van der Waals surface area (Å²) < 4.78 is 6.19. The molecular formula is C10H14N2O6. The molecule has 2 unspecified atom stereocenters. The van der Waals surface area contributed by atoms with Crippen molar-refractivity contribution in [1.29, 1.82) is 0 Å². The summed E-state index contributed by atoms with van der Waals surface area (Å²) in [5.41, 5.74) is -3.10. The molecule has 8 nitrogen and oxygen atoms in total. The molecule has 1 aromatic rings. The van der Waals surface area contributed by atoms with Crippen LogP contribution >= 0.6 is 0 Å². The molecular weight excluding hydrogens is 244 g/mol. The maximum atomic E-state index is 11.6. The van der Waals surface area contributed by atoms with Crippen LogP contribution in [0.2, 0.25) is 0 Å². The van der Waals surface area contributed by atoms with Crippen molar-refractivity contribution in [3.05, 3.63) is 33.1 Å². The van der Waals surface area contributed by atoms with Crippen LogP contribution < -0.4 is 11.2 Å². The van der Waals surface area contributed by atoms with Gasteiger partial charge in [0, 0.05) is 12.3 Å². The predicted octanol–water partition coefficient (Wildman–Crippen LogP) is -2.46. The van der Waals surface area contributed by atoms with Crippen molar-refractivity contribution in [2.24, 2.45) is 0 Å². The molecule has 0 radical (unpaired) electrons. The molecule has 1 aromatic heterocycles. The van der Waals surface area contributed by atoms with Gasteiger partial charge in [-0.3, -0.25) is 14.3 Å². The van der Waals surface area contributed by atoms with Gasteiger partial charge in [0.2, 0.25) is 0 Å². The lowest BCUT2D eigenvalue weighted by atomic mass is 9.96. The van der Waals surface area contributed by atoms with Gasteiger partial charge < -0.3 is 20.1 Å². The van der Waals surface area contributed by atoms with Gasteiger partial charge in [0.1, 0.15) is 17.8 Å². The second-order valence-electron chi connectivity index (χ2n) is 4.40. The molecule has 100 valence electrons. The monoisotopic (exact) mass is 258 g/mol. The minimum absolute atomic E-state index is 0.494. The van der Waals surface area contributed by atoms with Gasteiger partial charge in [-0.2, -0.15) is 0 Å². The number of rotatable bonds is 2. The third kappa shape index (κ3) is 1.89. The first-order valence-electron chi connectivity index (χ1n) is 5.36. The average molecular weight is 258 g/mol. The maximum absolute atomic E-state index is 11.6. The summed E-state index contributed by atoms with van der Waals surface area (Å²) in [5.74, 6) is 0. The van der Waals surface area contributed by atoms with E-state index in [0.29, 0.717) is 0 Å². The molecule has 0 aliphatic carbocycles. The van der Waals surface area contributed by atoms with Crippen LogP contribution in [0.15, 0.2) is 21.9 Å². The molecule has 18 heavy (non-hydrogen) atoms. The summed E-state index contributed by atoms with van der Waals surface area (Å²) in [6.07, 6.45) is -2.36. The highest BCUT2D eigenvalue weighted by Crippen LogP contribution is 2.36. The molecule has 1 aliphatic rings. The van der Waals surface area contributed by atoms with E-state index < -0.39 is 41.9 Å². The number of nitrogens with zero attached hydrogens (tertiary/aromatic N) is 1. The molecule has 0 amide bonds. The van der Waals surface area contributed by atoms with E-state index in [-0.39, 0.29) is 0 Å². The quantitative estimate of drug-likeness (QED) is 0.466. The summed E-state index contributed by atoms with van der Waals surface area (Å²) >= 11 is 0. The molecule has 0 aromatic carbocycles. The van der Waals surface area contributed by atoms with Gasteiger partial charge >= 0.3 is 5.69 Å². The number of aliphatic hydroxyl groups is 3. The van der Waals surface area contributed by atoms with Gasteiger partial charge in [0.05, 0.1) is 6.61 Å². The zero-order valence-electron chi connectivity index (χ0n) is 9.61. The van der Waals surface area contributed by atoms with Crippen LogP contribution in [0.1, 0.15) is 13.2 Å². The highest BCUT2D eigenvalue weighted by Gasteiger charge is 2.53. The Hall–Kier alpha value is -1.48. The fourth-order valence-corrected chi connectivity index (χ4v) is 2.00. The molecule has 1 saturated heterocycles. The molecule has 4 atom stereocenters. The molecule has 4 N–H and O–H groups in total. The Labute approximate surface area is 101 Å². The van der Waals surface area contributed by atoms with Crippen LogP contribution in [0.25, 0.3) is 0 Å². The van der Waals surface area contributed by atoms with Gasteiger partial charge in [-0.15, -0.1) is 0 Å². The summed E-state index contributed by atoms with van der Waals surface area (Å²) in [6, 6.07) is 1.10. The summed E-state index contributed by atoms with van der Waals surface area (Å²) in [5, 5.41) is 28.9. The van der Waals surface area contributed by atoms with Crippen LogP contribution in [-0.2, 0) is 4.74 Å². The lowest BCUT2D eigenvalue weighted by Crippen LogP contribution is -2.46. The third-order valence-electron chi connectivity index (χ3n) is 3.04. The normalized spacial score (nSPS) is 35.9. The standard InChI is InChI=1S/C10H14N2O6/c1-10(17)7(15)5(4-13)18-8(10)12-3-2-6(14)11-9(12)16/h2-3,5,7-8,13,15,17H,4H2,1H3,(H,11,14,16)/t5-,7?,8-,10?/m1/s1. The van der Waals surface area contributed by atoms with Gasteiger partial charge in [-0.1, -0.05) is 0 Å². The Morgan fingerprint density at radius 1 is 1.56 bits per heavy atom. The second kappa shape index (κ2) is 4.32. The van der Waals surface area contributed by atoms with E-state index in [4.69, 9.17) is 9.84 Å². The van der Waals surface area contributed by atoms with Gasteiger partial charge in [0.25, 0.3) is 5.56 Å². The van der Waals surface area contributed by atoms with Crippen LogP contribution in [0.5, 0.6) is 0 Å². The van der Waals surface area contributed by atoms with Gasteiger partial charge in [-0.05, 0) is 6.92 Å². The number of nitrogens with one attached hydrogen (secondary N) is 1. The highest BCUT2D eigenvalue weighted by atomic mass is 16.6. The van der Waals surface area contributed by atoms with Crippen molar-refractivity contribution < 1.29 is 20.1 Å². The Bertz CT molecular complexity index is 548. The molecule has 1 fully saturated rings. The summed E-state index contributed by atoms with van der Waals surface area (Å²) in [6.45, 7) is 0.793. The van der Waals surface area contributed by atoms with E-state index in [1.54, 1.807) is 0 Å². The number of aliphatic hydroxyl groups excluding tert-OH is 2. The molecule has 2 heterocycles. The highest BCUT2D eigenvalue weighted by molar-refractivity contribution is 5.00. The predicted molar refractivity (Wildman–Crippen MR) is 58.9 cm³/mol. The smallest absolute Gasteiger partial charge is 0.330 e. The van der Waals surface area contributed by atoms with Crippen LogP contribution in [0, 0.1) is 0 Å². The minimum atomic E-state index is -1.75. The van der Waals surface area contributed by atoms with Crippen LogP contribution in [0.4, 0.5) is 0 Å². The Balaban J connectivity index is 2.45. The number of hydrogen-bond donors (Lipinski definition) is 4. The van der Waals surface area contributed by atoms with E-state index in [0.717, 1.165) is 16.8 Å². The van der Waals surface area contributed by atoms with Crippen molar-refractivity contribution >= 4 is 0 Å². The summed E-state index contributed by atoms with van der Waals surface area (Å²) in [7, 11) is 0. The molecule has 0 spiro atoms. The van der Waals surface area contributed by atoms with E-state index in [9.17, 15) is 19.8 Å². The van der Waals surface area contributed by atoms with Crippen molar-refractivity contribution in [3.63, 3.8) is 0 Å². The lowest BCUT2D eigenvalue weighted by molar-refractivity contribution is -0.0987. The zero-order chi connectivity index (χ0) is 13.5. The van der Waals surface area contributed by atoms with E-state index in [1.165, 1.54) is 6.92 Å². The summed E-state index contributed by atoms with van der Waals surface area (Å²) in [4.78, 5) is 24.5. The molecule has 8 heteroatoms. The van der Waals surface area contributed by atoms with Crippen molar-refractivity contribution in [1.82, 2.24) is 9.55 Å². The third-order valence-corrected chi connectivity index (χ3v) is 3.04. The van der Waals surface area contributed by atoms with E-state index in [1.807, 2.05) is 4.98 Å². The largest absolute Gasteiger partial charge is 0.394 e. The first kappa shape index (κ1) is 13.0. The number of H-pyrrole nitrogens is 1. The number of hydrogen-bond acceptors (Lipinski definition) is 6. The lowest BCUT2D eigenvalue weighted by Gasteiger charge is -2.27. The Kier molecular flexibility index (Phi) is 3.11. The van der Waals surface area contributed by atoms with Crippen LogP contribution in [0.3, 0.4) is 0 Å². The number of aromatic amines is 1. The van der Waals surface area contributed by atoms with E-state index >= 15 is 0 Å². The Morgan fingerprint density at radius 3 is 2.72 bits per heavy atom. The first-order chi connectivity index (χ1) is 8.37. The van der Waals surface area contributed by atoms with Gasteiger partial charge in [0.15, 0.2) is 6.23 Å². The van der Waals surface area contributed by atoms with Crippen molar-refractivity contribution in [2.75, 3.05) is 6.61 Å². The topological polar surface area (TPSA) is 125 Å². The van der Waals surface area contributed by atoms with Crippen LogP contribution in [-0.4, -0.2) is 49.3 Å². The molecule has 1 aliphatic heterocycles. The first-order valence-corrected chi connectivity index (χ1v) is 5.36. The number of aromatic nitrogens is 2. The van der Waals surface area contributed by atoms with Crippen molar-refractivity contribution in [3.8, 4) is 0 Å². The van der Waals surface area contributed by atoms with E-state index in [2.05, 4.69) is 0 Å². The average Bonchev–Trinajstić information content (AvgIpc) is 2.52.